The molecule has 3 rings (SSSR count). The summed E-state index contributed by atoms with van der Waals surface area (Å²) < 4.78 is 0. The van der Waals surface area contributed by atoms with Gasteiger partial charge in [0.2, 0.25) is 0 Å². The maximum atomic E-state index is 10.9. The Morgan fingerprint density at radius 1 is 1.20 bits per heavy atom. The van der Waals surface area contributed by atoms with E-state index in [0.717, 1.165) is 49.7 Å². The van der Waals surface area contributed by atoms with Crippen LogP contribution >= 0.6 is 0 Å². The van der Waals surface area contributed by atoms with E-state index in [4.69, 9.17) is 0 Å². The van der Waals surface area contributed by atoms with Gasteiger partial charge in [0.25, 0.3) is 0 Å². The number of aliphatic hydroxyl groups excluding tert-OH is 3. The first-order valence-electron chi connectivity index (χ1n) is 13.9. The summed E-state index contributed by atoms with van der Waals surface area (Å²) in [7, 11) is 0. The van der Waals surface area contributed by atoms with Gasteiger partial charge in [-0.2, -0.15) is 0 Å². The Morgan fingerprint density at radius 2 is 1.91 bits per heavy atom. The minimum Gasteiger partial charge on any atom is -0.393 e. The summed E-state index contributed by atoms with van der Waals surface area (Å²) in [5.74, 6) is 7.27. The molecule has 4 nitrogen and oxygen atoms in total. The molecular formula is C31H48O4. The molecule has 0 heterocycles. The molecule has 3 aliphatic carbocycles. The van der Waals surface area contributed by atoms with Crippen molar-refractivity contribution in [2.45, 2.75) is 122 Å². The second kappa shape index (κ2) is 11.8. The summed E-state index contributed by atoms with van der Waals surface area (Å²) in [6.45, 7) is 12.6. The minimum atomic E-state index is -0.655. The van der Waals surface area contributed by atoms with E-state index in [1.54, 1.807) is 0 Å². The van der Waals surface area contributed by atoms with E-state index in [0.29, 0.717) is 37.5 Å². The van der Waals surface area contributed by atoms with Crippen molar-refractivity contribution in [3.8, 4) is 11.8 Å². The fourth-order valence-electron chi connectivity index (χ4n) is 7.04. The Hall–Kier alpha value is -1.38. The standard InChI is InChI=1S/C31H48O4/c1-6-31(35,7-2)18-9-8-12-28(33)22(4)26-15-16-27-23(11-10-17-30(26,27)5)13-14-24-19-25(32)20-29(34)21(24)3/h13-14,22,25-29,32-35H,3,6-7,9-11,15-20H2,1-2,4-5H3/b23-13+,24-14+/t22-,25-,26-,27+,28-,29+,30-/m1/s1. The smallest absolute Gasteiger partial charge is 0.117 e. The Morgan fingerprint density at radius 3 is 2.60 bits per heavy atom. The highest BCUT2D eigenvalue weighted by Gasteiger charge is 2.51. The normalized spacial score (nSPS) is 35.5. The molecule has 0 saturated heterocycles. The second-order valence-electron chi connectivity index (χ2n) is 11.7. The summed E-state index contributed by atoms with van der Waals surface area (Å²) in [6.07, 6.45) is 11.8. The van der Waals surface area contributed by atoms with Crippen molar-refractivity contribution in [3.63, 3.8) is 0 Å². The Bertz CT molecular complexity index is 870. The molecule has 4 heteroatoms. The summed E-state index contributed by atoms with van der Waals surface area (Å²) in [6, 6.07) is 0. The first kappa shape index (κ1) is 28.2. The second-order valence-corrected chi connectivity index (χ2v) is 11.7. The van der Waals surface area contributed by atoms with Crippen LogP contribution in [0, 0.1) is 35.0 Å². The van der Waals surface area contributed by atoms with Gasteiger partial charge in [0.15, 0.2) is 0 Å². The Kier molecular flexibility index (Phi) is 9.49. The molecule has 3 saturated carbocycles. The third kappa shape index (κ3) is 6.31. The molecule has 0 spiro atoms. The molecule has 3 aliphatic rings. The van der Waals surface area contributed by atoms with Gasteiger partial charge in [-0.1, -0.05) is 57.9 Å². The van der Waals surface area contributed by atoms with Crippen molar-refractivity contribution >= 4 is 0 Å². The van der Waals surface area contributed by atoms with E-state index in [1.165, 1.54) is 12.0 Å². The largest absolute Gasteiger partial charge is 0.393 e. The predicted octanol–water partition coefficient (Wildman–Crippen LogP) is 5.46. The molecule has 0 aromatic carbocycles. The number of rotatable bonds is 7. The molecule has 4 N–H and O–H groups in total. The lowest BCUT2D eigenvalue weighted by atomic mass is 9.60. The van der Waals surface area contributed by atoms with Crippen LogP contribution in [0.1, 0.15) is 98.3 Å². The van der Waals surface area contributed by atoms with Crippen LogP contribution in [-0.4, -0.2) is 44.3 Å². The number of fused-ring (bicyclic) bond motifs is 1. The number of aliphatic hydroxyl groups is 4. The maximum Gasteiger partial charge on any atom is 0.117 e. The molecule has 0 bridgehead atoms. The summed E-state index contributed by atoms with van der Waals surface area (Å²) in [5, 5.41) is 41.6. The monoisotopic (exact) mass is 484 g/mol. The van der Waals surface area contributed by atoms with Crippen LogP contribution in [-0.2, 0) is 0 Å². The topological polar surface area (TPSA) is 80.9 Å². The van der Waals surface area contributed by atoms with E-state index in [2.05, 4.69) is 44.4 Å². The number of allylic oxidation sites excluding steroid dienone is 3. The molecule has 196 valence electrons. The Labute approximate surface area is 213 Å². The molecule has 0 aromatic heterocycles. The molecule has 3 fully saturated rings. The first-order chi connectivity index (χ1) is 16.5. The average molecular weight is 485 g/mol. The molecule has 0 amide bonds. The van der Waals surface area contributed by atoms with E-state index in [9.17, 15) is 20.4 Å². The minimum absolute atomic E-state index is 0.106. The zero-order chi connectivity index (χ0) is 25.8. The summed E-state index contributed by atoms with van der Waals surface area (Å²) in [5.41, 5.74) is 2.67. The van der Waals surface area contributed by atoms with Crippen LogP contribution < -0.4 is 0 Å². The number of hydrogen-bond donors (Lipinski definition) is 4. The first-order valence-corrected chi connectivity index (χ1v) is 13.9. The molecule has 7 atom stereocenters. The highest BCUT2D eigenvalue weighted by Crippen LogP contribution is 2.59. The van der Waals surface area contributed by atoms with Gasteiger partial charge in [-0.3, -0.25) is 0 Å². The van der Waals surface area contributed by atoms with Gasteiger partial charge in [0, 0.05) is 12.8 Å². The number of hydrogen-bond acceptors (Lipinski definition) is 4. The predicted molar refractivity (Wildman–Crippen MR) is 142 cm³/mol. The molecule has 0 unspecified atom stereocenters. The van der Waals surface area contributed by atoms with Crippen LogP contribution in [0.25, 0.3) is 0 Å². The van der Waals surface area contributed by atoms with E-state index in [1.807, 2.05) is 13.8 Å². The van der Waals surface area contributed by atoms with Crippen molar-refractivity contribution < 1.29 is 20.4 Å². The zero-order valence-electron chi connectivity index (χ0n) is 22.4. The fraction of sp³-hybridized carbons (Fsp3) is 0.742. The third-order valence-electron chi connectivity index (χ3n) is 9.72. The molecule has 0 aromatic rings. The summed E-state index contributed by atoms with van der Waals surface area (Å²) in [4.78, 5) is 0. The van der Waals surface area contributed by atoms with Gasteiger partial charge in [-0.05, 0) is 92.1 Å². The van der Waals surface area contributed by atoms with Crippen LogP contribution in [0.3, 0.4) is 0 Å². The SMILES string of the molecule is C=C1/C(=C/C=C2\CCC[C@]3(C)[C@@H]([C@@H](C)[C@H](O)C#CCCC(O)(CC)CC)CC[C@@H]23)C[C@@H](O)C[C@@H]1O. The van der Waals surface area contributed by atoms with E-state index >= 15 is 0 Å². The highest BCUT2D eigenvalue weighted by atomic mass is 16.3. The molecule has 0 radical (unpaired) electrons. The van der Waals surface area contributed by atoms with Crippen molar-refractivity contribution in [1.82, 2.24) is 0 Å². The quantitative estimate of drug-likeness (QED) is 0.362. The van der Waals surface area contributed by atoms with Crippen LogP contribution in [0.5, 0.6) is 0 Å². The van der Waals surface area contributed by atoms with Gasteiger partial charge in [0.05, 0.1) is 17.8 Å². The van der Waals surface area contributed by atoms with Crippen molar-refractivity contribution in [3.05, 3.63) is 35.5 Å². The van der Waals surface area contributed by atoms with Gasteiger partial charge >= 0.3 is 0 Å². The van der Waals surface area contributed by atoms with Crippen LogP contribution in [0.2, 0.25) is 0 Å². The zero-order valence-corrected chi connectivity index (χ0v) is 22.4. The average Bonchev–Trinajstić information content (AvgIpc) is 3.19. The van der Waals surface area contributed by atoms with Gasteiger partial charge < -0.3 is 20.4 Å². The van der Waals surface area contributed by atoms with Crippen molar-refractivity contribution in [1.29, 1.82) is 0 Å². The molecular weight excluding hydrogens is 436 g/mol. The summed E-state index contributed by atoms with van der Waals surface area (Å²) >= 11 is 0. The van der Waals surface area contributed by atoms with Crippen molar-refractivity contribution in [2.75, 3.05) is 0 Å². The van der Waals surface area contributed by atoms with E-state index < -0.39 is 23.9 Å². The Balaban J connectivity index is 1.68. The highest BCUT2D eigenvalue weighted by molar-refractivity contribution is 5.38. The van der Waals surface area contributed by atoms with Gasteiger partial charge in [-0.15, -0.1) is 5.92 Å². The van der Waals surface area contributed by atoms with Crippen LogP contribution in [0.4, 0.5) is 0 Å². The third-order valence-corrected chi connectivity index (χ3v) is 9.72. The lowest BCUT2D eigenvalue weighted by molar-refractivity contribution is 0.0250. The lowest BCUT2D eigenvalue weighted by Crippen LogP contribution is -2.39. The maximum absolute atomic E-state index is 10.9. The van der Waals surface area contributed by atoms with Gasteiger partial charge in [-0.25, -0.2) is 0 Å². The molecule has 0 aliphatic heterocycles. The molecule has 35 heavy (non-hydrogen) atoms. The van der Waals surface area contributed by atoms with Crippen LogP contribution in [0.15, 0.2) is 35.5 Å². The van der Waals surface area contributed by atoms with E-state index in [-0.39, 0.29) is 11.3 Å². The fourth-order valence-corrected chi connectivity index (χ4v) is 7.04. The lowest BCUT2D eigenvalue weighted by Gasteiger charge is -2.44. The van der Waals surface area contributed by atoms with Gasteiger partial charge in [0.1, 0.15) is 6.10 Å². The van der Waals surface area contributed by atoms with Crippen molar-refractivity contribution in [2.24, 2.45) is 23.2 Å².